The predicted molar refractivity (Wildman–Crippen MR) is 70.9 cm³/mol. The Morgan fingerprint density at radius 1 is 1.50 bits per heavy atom. The Hall–Kier alpha value is -1.07. The fraction of sp³-hybridized carbons (Fsp3) is 0.273. The number of hydrogen-bond acceptors (Lipinski definition) is 5. The highest BCUT2D eigenvalue weighted by atomic mass is 32.2. The third kappa shape index (κ3) is 3.21. The van der Waals surface area contributed by atoms with E-state index in [2.05, 4.69) is 27.6 Å². The molecule has 0 saturated carbocycles. The Kier molecular flexibility index (Phi) is 4.18. The van der Waals surface area contributed by atoms with Gasteiger partial charge in [-0.05, 0) is 24.0 Å². The van der Waals surface area contributed by atoms with Crippen molar-refractivity contribution in [3.63, 3.8) is 0 Å². The summed E-state index contributed by atoms with van der Waals surface area (Å²) >= 11 is 3.47. The second kappa shape index (κ2) is 5.86. The van der Waals surface area contributed by atoms with E-state index in [1.165, 1.54) is 10.4 Å². The molecule has 2 heterocycles. The third-order valence-corrected chi connectivity index (χ3v) is 3.46. The van der Waals surface area contributed by atoms with Crippen LogP contribution in [0.4, 0.5) is 5.82 Å². The third-order valence-electron chi connectivity index (χ3n) is 2.06. The summed E-state index contributed by atoms with van der Waals surface area (Å²) in [5.41, 5.74) is 3.14. The molecule has 0 saturated heterocycles. The van der Waals surface area contributed by atoms with Crippen LogP contribution in [0.25, 0.3) is 0 Å². The second-order valence-electron chi connectivity index (χ2n) is 3.30. The molecule has 2 aromatic heterocycles. The molecule has 16 heavy (non-hydrogen) atoms. The van der Waals surface area contributed by atoms with E-state index in [1.54, 1.807) is 11.3 Å². The number of nitrogens with one attached hydrogen (secondary N) is 1. The van der Waals surface area contributed by atoms with Gasteiger partial charge in [0, 0.05) is 23.0 Å². The fourth-order valence-corrected chi connectivity index (χ4v) is 2.38. The van der Waals surface area contributed by atoms with Crippen molar-refractivity contribution in [1.29, 1.82) is 0 Å². The first-order valence-electron chi connectivity index (χ1n) is 4.93. The van der Waals surface area contributed by atoms with Crippen LogP contribution in [0.3, 0.4) is 0 Å². The molecule has 2 aromatic rings. The number of thiazole rings is 1. The molecule has 5 heteroatoms. The van der Waals surface area contributed by atoms with Gasteiger partial charge in [-0.2, -0.15) is 11.8 Å². The van der Waals surface area contributed by atoms with Gasteiger partial charge in [0.15, 0.2) is 0 Å². The van der Waals surface area contributed by atoms with Crippen LogP contribution in [0.5, 0.6) is 0 Å². The molecule has 0 aliphatic heterocycles. The number of hydrogen-bond donors (Lipinski definition) is 1. The summed E-state index contributed by atoms with van der Waals surface area (Å²) in [4.78, 5) is 9.54. The van der Waals surface area contributed by atoms with E-state index in [1.807, 2.05) is 35.7 Å². The Morgan fingerprint density at radius 2 is 2.44 bits per heavy atom. The van der Waals surface area contributed by atoms with Crippen LogP contribution < -0.4 is 5.32 Å². The van der Waals surface area contributed by atoms with Gasteiger partial charge in [0.2, 0.25) is 0 Å². The van der Waals surface area contributed by atoms with E-state index in [0.717, 1.165) is 18.1 Å². The van der Waals surface area contributed by atoms with Gasteiger partial charge in [0.1, 0.15) is 5.82 Å². The van der Waals surface area contributed by atoms with Crippen LogP contribution in [0.2, 0.25) is 0 Å². The lowest BCUT2D eigenvalue weighted by molar-refractivity contribution is 1.12. The maximum Gasteiger partial charge on any atom is 0.126 e. The van der Waals surface area contributed by atoms with Crippen LogP contribution in [0, 0.1) is 0 Å². The summed E-state index contributed by atoms with van der Waals surface area (Å²) in [5.74, 6) is 1.96. The first-order valence-corrected chi connectivity index (χ1v) is 7.21. The molecule has 84 valence electrons. The van der Waals surface area contributed by atoms with Crippen molar-refractivity contribution in [2.75, 3.05) is 11.6 Å². The lowest BCUT2D eigenvalue weighted by Crippen LogP contribution is -2.00. The highest BCUT2D eigenvalue weighted by molar-refractivity contribution is 7.97. The normalized spacial score (nSPS) is 10.3. The average molecular weight is 251 g/mol. The Labute approximate surface area is 103 Å². The van der Waals surface area contributed by atoms with Crippen molar-refractivity contribution in [3.8, 4) is 0 Å². The minimum absolute atomic E-state index is 0.792. The zero-order valence-electron chi connectivity index (χ0n) is 9.01. The van der Waals surface area contributed by atoms with Gasteiger partial charge in [-0.15, -0.1) is 11.3 Å². The zero-order valence-corrected chi connectivity index (χ0v) is 10.6. The van der Waals surface area contributed by atoms with E-state index >= 15 is 0 Å². The molecule has 1 N–H and O–H groups in total. The lowest BCUT2D eigenvalue weighted by atomic mass is 10.3. The van der Waals surface area contributed by atoms with Gasteiger partial charge in [-0.3, -0.25) is 4.98 Å². The predicted octanol–water partition coefficient (Wildman–Crippen LogP) is 3.01. The summed E-state index contributed by atoms with van der Waals surface area (Å²) in [7, 11) is 0. The fourth-order valence-electron chi connectivity index (χ4n) is 1.33. The SMILES string of the molecule is CSCc1ccnc(NCc2cncs2)c1. The molecule has 0 aliphatic rings. The van der Waals surface area contributed by atoms with Crippen molar-refractivity contribution in [2.24, 2.45) is 0 Å². The number of nitrogens with zero attached hydrogens (tertiary/aromatic N) is 2. The summed E-state index contributed by atoms with van der Waals surface area (Å²) in [5, 5.41) is 3.30. The molecule has 0 radical (unpaired) electrons. The first-order chi connectivity index (χ1) is 7.88. The van der Waals surface area contributed by atoms with Crippen molar-refractivity contribution >= 4 is 28.9 Å². The number of thioether (sulfide) groups is 1. The van der Waals surface area contributed by atoms with Crippen molar-refractivity contribution < 1.29 is 0 Å². The largest absolute Gasteiger partial charge is 0.365 e. The zero-order chi connectivity index (χ0) is 11.2. The minimum atomic E-state index is 0.792. The molecule has 0 fully saturated rings. The second-order valence-corrected chi connectivity index (χ2v) is 5.14. The van der Waals surface area contributed by atoms with E-state index in [0.29, 0.717) is 0 Å². The van der Waals surface area contributed by atoms with E-state index in [9.17, 15) is 0 Å². The van der Waals surface area contributed by atoms with Crippen LogP contribution in [0.15, 0.2) is 30.0 Å². The Morgan fingerprint density at radius 3 is 3.19 bits per heavy atom. The Bertz CT molecular complexity index is 429. The maximum atomic E-state index is 4.28. The lowest BCUT2D eigenvalue weighted by Gasteiger charge is -2.05. The standard InChI is InChI=1S/C11H13N3S2/c1-15-7-9-2-3-13-11(4-9)14-6-10-5-12-8-16-10/h2-5,8H,6-7H2,1H3,(H,13,14). The van der Waals surface area contributed by atoms with E-state index < -0.39 is 0 Å². The molecule has 0 amide bonds. The molecule has 0 unspecified atom stereocenters. The molecule has 2 rings (SSSR count). The maximum absolute atomic E-state index is 4.28. The van der Waals surface area contributed by atoms with Crippen molar-refractivity contribution in [2.45, 2.75) is 12.3 Å². The summed E-state index contributed by atoms with van der Waals surface area (Å²) in [6.07, 6.45) is 5.83. The van der Waals surface area contributed by atoms with Crippen molar-refractivity contribution in [1.82, 2.24) is 9.97 Å². The van der Waals surface area contributed by atoms with E-state index in [-0.39, 0.29) is 0 Å². The minimum Gasteiger partial charge on any atom is -0.365 e. The van der Waals surface area contributed by atoms with Gasteiger partial charge in [-0.1, -0.05) is 0 Å². The van der Waals surface area contributed by atoms with Gasteiger partial charge in [0.05, 0.1) is 12.1 Å². The molecular formula is C11H13N3S2. The quantitative estimate of drug-likeness (QED) is 0.886. The Balaban J connectivity index is 1.96. The van der Waals surface area contributed by atoms with Gasteiger partial charge < -0.3 is 5.32 Å². The van der Waals surface area contributed by atoms with Crippen LogP contribution >= 0.6 is 23.1 Å². The van der Waals surface area contributed by atoms with Gasteiger partial charge >= 0.3 is 0 Å². The highest BCUT2D eigenvalue weighted by Gasteiger charge is 1.98. The van der Waals surface area contributed by atoms with E-state index in [4.69, 9.17) is 0 Å². The molecule has 0 aliphatic carbocycles. The molecular weight excluding hydrogens is 238 g/mol. The number of anilines is 1. The molecule has 0 spiro atoms. The number of aromatic nitrogens is 2. The van der Waals surface area contributed by atoms with Crippen molar-refractivity contribution in [3.05, 3.63) is 40.5 Å². The van der Waals surface area contributed by atoms with Crippen LogP contribution in [-0.2, 0) is 12.3 Å². The highest BCUT2D eigenvalue weighted by Crippen LogP contribution is 2.14. The van der Waals surface area contributed by atoms with Crippen LogP contribution in [0.1, 0.15) is 10.4 Å². The summed E-state index contributed by atoms with van der Waals surface area (Å²) < 4.78 is 0. The average Bonchev–Trinajstić information content (AvgIpc) is 2.80. The van der Waals surface area contributed by atoms with Gasteiger partial charge in [-0.25, -0.2) is 4.98 Å². The monoisotopic (exact) mass is 251 g/mol. The number of pyridine rings is 1. The summed E-state index contributed by atoms with van der Waals surface area (Å²) in [6, 6.07) is 4.14. The number of rotatable bonds is 5. The molecule has 0 atom stereocenters. The first kappa shape index (κ1) is 11.4. The molecule has 0 bridgehead atoms. The molecule has 3 nitrogen and oxygen atoms in total. The molecule has 0 aromatic carbocycles. The summed E-state index contributed by atoms with van der Waals surface area (Å²) in [6.45, 7) is 0.792. The topological polar surface area (TPSA) is 37.8 Å². The smallest absolute Gasteiger partial charge is 0.126 e. The van der Waals surface area contributed by atoms with Gasteiger partial charge in [0.25, 0.3) is 0 Å². The van der Waals surface area contributed by atoms with Crippen LogP contribution in [-0.4, -0.2) is 16.2 Å².